The Balaban J connectivity index is 1.53. The number of pyridine rings is 1. The first-order valence-corrected chi connectivity index (χ1v) is 8.99. The first-order chi connectivity index (χ1) is 13.1. The fraction of sp³-hybridized carbons (Fsp3) is 0.421. The van der Waals surface area contributed by atoms with Gasteiger partial charge in [-0.3, -0.25) is 9.79 Å². The van der Waals surface area contributed by atoms with Gasteiger partial charge in [-0.2, -0.15) is 0 Å². The Bertz CT molecular complexity index is 779. The summed E-state index contributed by atoms with van der Waals surface area (Å²) in [5.41, 5.74) is 1.14. The van der Waals surface area contributed by atoms with Gasteiger partial charge in [0.25, 0.3) is 5.91 Å². The van der Waals surface area contributed by atoms with Gasteiger partial charge in [0, 0.05) is 60.1 Å². The van der Waals surface area contributed by atoms with Crippen LogP contribution in [0.25, 0.3) is 0 Å². The number of guanidine groups is 1. The summed E-state index contributed by atoms with van der Waals surface area (Å²) in [6.07, 6.45) is 3.34. The Morgan fingerprint density at radius 3 is 2.63 bits per heavy atom. The number of hydrogen-bond acceptors (Lipinski definition) is 5. The molecule has 8 heteroatoms. The molecular formula is C19H26N6O2. The second-order valence-corrected chi connectivity index (χ2v) is 6.57. The van der Waals surface area contributed by atoms with Crippen LogP contribution in [0.15, 0.2) is 46.1 Å². The Morgan fingerprint density at radius 2 is 2.00 bits per heavy atom. The summed E-state index contributed by atoms with van der Waals surface area (Å²) in [5.74, 6) is 2.09. The van der Waals surface area contributed by atoms with E-state index in [1.807, 2.05) is 36.2 Å². The molecule has 3 heterocycles. The van der Waals surface area contributed by atoms with Crippen LogP contribution in [0.5, 0.6) is 0 Å². The van der Waals surface area contributed by atoms with Gasteiger partial charge in [-0.15, -0.1) is 0 Å². The van der Waals surface area contributed by atoms with E-state index in [9.17, 15) is 4.79 Å². The highest BCUT2D eigenvalue weighted by Crippen LogP contribution is 2.11. The van der Waals surface area contributed by atoms with Gasteiger partial charge in [0.05, 0.1) is 6.26 Å². The van der Waals surface area contributed by atoms with Crippen LogP contribution in [-0.4, -0.2) is 74.0 Å². The average molecular weight is 370 g/mol. The fourth-order valence-corrected chi connectivity index (χ4v) is 3.01. The number of nitrogens with one attached hydrogen (secondary N) is 1. The smallest absolute Gasteiger partial charge is 0.289 e. The van der Waals surface area contributed by atoms with Gasteiger partial charge in [-0.05, 0) is 29.8 Å². The van der Waals surface area contributed by atoms with Crippen LogP contribution >= 0.6 is 0 Å². The molecule has 2 aromatic rings. The van der Waals surface area contributed by atoms with Gasteiger partial charge < -0.3 is 24.4 Å². The Labute approximate surface area is 159 Å². The van der Waals surface area contributed by atoms with E-state index >= 15 is 0 Å². The number of piperazine rings is 1. The van der Waals surface area contributed by atoms with Crippen molar-refractivity contribution >= 4 is 17.7 Å². The first-order valence-electron chi connectivity index (χ1n) is 8.99. The minimum atomic E-state index is -0.0596. The summed E-state index contributed by atoms with van der Waals surface area (Å²) in [6.45, 7) is 3.40. The molecule has 0 bridgehead atoms. The number of aromatic nitrogens is 1. The van der Waals surface area contributed by atoms with Gasteiger partial charge in [-0.25, -0.2) is 4.98 Å². The van der Waals surface area contributed by atoms with Crippen LogP contribution in [0.3, 0.4) is 0 Å². The maximum Gasteiger partial charge on any atom is 0.289 e. The monoisotopic (exact) mass is 370 g/mol. The number of nitrogens with zero attached hydrogens (tertiary/aromatic N) is 5. The highest BCUT2D eigenvalue weighted by Gasteiger charge is 2.25. The molecule has 1 saturated heterocycles. The standard InChI is InChI=1S/C19H26N6O2/c1-20-19(22-14-15-6-7-21-17(13-15)23(2)3)25-10-8-24(9-11-25)18(26)16-5-4-12-27-16/h4-7,12-13H,8-11,14H2,1-3H3,(H,20,22). The molecule has 0 unspecified atom stereocenters. The minimum absolute atomic E-state index is 0.0596. The first kappa shape index (κ1) is 18.8. The van der Waals surface area contributed by atoms with Crippen molar-refractivity contribution in [3.05, 3.63) is 48.0 Å². The Hall–Kier alpha value is -3.03. The van der Waals surface area contributed by atoms with Crippen molar-refractivity contribution in [1.82, 2.24) is 20.1 Å². The summed E-state index contributed by atoms with van der Waals surface area (Å²) in [6, 6.07) is 7.48. The van der Waals surface area contributed by atoms with Crippen LogP contribution in [0, 0.1) is 0 Å². The van der Waals surface area contributed by atoms with Crippen LogP contribution in [0.4, 0.5) is 5.82 Å². The van der Waals surface area contributed by atoms with E-state index in [1.165, 1.54) is 6.26 Å². The van der Waals surface area contributed by atoms with Gasteiger partial charge in [0.1, 0.15) is 5.82 Å². The second kappa shape index (κ2) is 8.57. The zero-order chi connectivity index (χ0) is 19.2. The maximum atomic E-state index is 12.4. The number of hydrogen-bond donors (Lipinski definition) is 1. The highest BCUT2D eigenvalue weighted by molar-refractivity contribution is 5.91. The molecule has 0 atom stereocenters. The predicted molar refractivity (Wildman–Crippen MR) is 105 cm³/mol. The van der Waals surface area contributed by atoms with E-state index in [4.69, 9.17) is 4.42 Å². The molecule has 1 aliphatic rings. The fourth-order valence-electron chi connectivity index (χ4n) is 3.01. The number of carbonyl (C=O) groups excluding carboxylic acids is 1. The van der Waals surface area contributed by atoms with E-state index in [2.05, 4.69) is 26.3 Å². The molecule has 0 aliphatic carbocycles. The van der Waals surface area contributed by atoms with E-state index < -0.39 is 0 Å². The third kappa shape index (κ3) is 4.58. The van der Waals surface area contributed by atoms with Gasteiger partial charge in [0.15, 0.2) is 11.7 Å². The lowest BCUT2D eigenvalue weighted by atomic mass is 10.2. The number of aliphatic imine (C=N–C) groups is 1. The third-order valence-electron chi connectivity index (χ3n) is 4.53. The van der Waals surface area contributed by atoms with E-state index in [0.717, 1.165) is 30.4 Å². The zero-order valence-corrected chi connectivity index (χ0v) is 16.1. The lowest BCUT2D eigenvalue weighted by molar-refractivity contribution is 0.0657. The van der Waals surface area contributed by atoms with Crippen LogP contribution in [-0.2, 0) is 6.54 Å². The lowest BCUT2D eigenvalue weighted by Gasteiger charge is -2.36. The Morgan fingerprint density at radius 1 is 1.26 bits per heavy atom. The molecule has 0 saturated carbocycles. The van der Waals surface area contributed by atoms with Gasteiger partial charge >= 0.3 is 0 Å². The quantitative estimate of drug-likeness (QED) is 0.645. The molecule has 1 N–H and O–H groups in total. The maximum absolute atomic E-state index is 12.4. The molecule has 3 rings (SSSR count). The SMILES string of the molecule is CN=C(NCc1ccnc(N(C)C)c1)N1CCN(C(=O)c2ccco2)CC1. The van der Waals surface area contributed by atoms with Crippen LogP contribution in [0.2, 0.25) is 0 Å². The van der Waals surface area contributed by atoms with Crippen molar-refractivity contribution in [2.24, 2.45) is 4.99 Å². The topological polar surface area (TPSA) is 77.2 Å². The number of amides is 1. The molecule has 1 aliphatic heterocycles. The predicted octanol–water partition coefficient (Wildman–Crippen LogP) is 1.27. The second-order valence-electron chi connectivity index (χ2n) is 6.57. The van der Waals surface area contributed by atoms with Gasteiger partial charge in [0.2, 0.25) is 0 Å². The van der Waals surface area contributed by atoms with E-state index in [1.54, 1.807) is 19.2 Å². The van der Waals surface area contributed by atoms with E-state index in [-0.39, 0.29) is 5.91 Å². The van der Waals surface area contributed by atoms with Crippen LogP contribution < -0.4 is 10.2 Å². The summed E-state index contributed by atoms with van der Waals surface area (Å²) in [4.78, 5) is 27.0. The van der Waals surface area contributed by atoms with Gasteiger partial charge in [-0.1, -0.05) is 0 Å². The summed E-state index contributed by atoms with van der Waals surface area (Å²) in [7, 11) is 5.73. The normalized spacial score (nSPS) is 15.0. The van der Waals surface area contributed by atoms with E-state index in [0.29, 0.717) is 25.4 Å². The van der Waals surface area contributed by atoms with Crippen molar-refractivity contribution in [2.45, 2.75) is 6.54 Å². The number of carbonyl (C=O) groups is 1. The molecule has 0 spiro atoms. The average Bonchev–Trinajstić information content (AvgIpc) is 3.23. The molecule has 27 heavy (non-hydrogen) atoms. The number of anilines is 1. The molecule has 1 fully saturated rings. The Kier molecular flexibility index (Phi) is 5.95. The highest BCUT2D eigenvalue weighted by atomic mass is 16.3. The van der Waals surface area contributed by atoms with Crippen molar-refractivity contribution in [1.29, 1.82) is 0 Å². The number of furan rings is 1. The minimum Gasteiger partial charge on any atom is -0.459 e. The molecule has 0 radical (unpaired) electrons. The molecule has 144 valence electrons. The lowest BCUT2D eigenvalue weighted by Crippen LogP contribution is -2.53. The third-order valence-corrected chi connectivity index (χ3v) is 4.53. The molecule has 1 amide bonds. The molecule has 0 aromatic carbocycles. The summed E-state index contributed by atoms with van der Waals surface area (Å²) >= 11 is 0. The van der Waals surface area contributed by atoms with Crippen LogP contribution in [0.1, 0.15) is 16.1 Å². The zero-order valence-electron chi connectivity index (χ0n) is 16.1. The molecule has 8 nitrogen and oxygen atoms in total. The van der Waals surface area contributed by atoms with Crippen molar-refractivity contribution in [2.75, 3.05) is 52.2 Å². The van der Waals surface area contributed by atoms with Crippen molar-refractivity contribution in [3.63, 3.8) is 0 Å². The van der Waals surface area contributed by atoms with Crippen molar-refractivity contribution in [3.8, 4) is 0 Å². The number of rotatable bonds is 4. The molecule has 2 aromatic heterocycles. The summed E-state index contributed by atoms with van der Waals surface area (Å²) in [5, 5.41) is 3.40. The summed E-state index contributed by atoms with van der Waals surface area (Å²) < 4.78 is 5.21. The van der Waals surface area contributed by atoms with Crippen molar-refractivity contribution < 1.29 is 9.21 Å². The largest absolute Gasteiger partial charge is 0.459 e. The molecular weight excluding hydrogens is 344 g/mol.